The number of carboxylic acids is 2. The molecular formula is C26H32N8O8. The number of rotatable bonds is 16. The molecule has 0 saturated carbocycles. The average Bonchev–Trinajstić information content (AvgIpc) is 3.60. The third kappa shape index (κ3) is 8.88. The number of carbonyl (C=O) groups is 6. The molecule has 224 valence electrons. The van der Waals surface area contributed by atoms with Gasteiger partial charge in [-0.3, -0.25) is 24.0 Å². The number of hydrogen-bond acceptors (Lipinski definition) is 8. The molecule has 2 heterocycles. The minimum Gasteiger partial charge on any atom is -0.481 e. The molecule has 3 aromatic rings. The van der Waals surface area contributed by atoms with Crippen molar-refractivity contribution in [2.45, 2.75) is 56.3 Å². The number of benzene rings is 1. The molecule has 4 unspecified atom stereocenters. The molecule has 11 N–H and O–H groups in total. The molecule has 16 heteroatoms. The van der Waals surface area contributed by atoms with Crippen LogP contribution in [0.1, 0.15) is 30.5 Å². The number of nitrogens with zero attached hydrogens (tertiary/aromatic N) is 1. The van der Waals surface area contributed by atoms with Crippen molar-refractivity contribution in [3.05, 3.63) is 54.2 Å². The van der Waals surface area contributed by atoms with Gasteiger partial charge >= 0.3 is 11.9 Å². The number of nitrogens with one attached hydrogen (secondary N) is 5. The topological polar surface area (TPSA) is 275 Å². The number of carbonyl (C=O) groups excluding carboxylic acids is 4. The lowest BCUT2D eigenvalue weighted by Crippen LogP contribution is -2.58. The van der Waals surface area contributed by atoms with Crippen LogP contribution in [0, 0.1) is 0 Å². The first-order valence-corrected chi connectivity index (χ1v) is 12.9. The first-order valence-electron chi connectivity index (χ1n) is 12.9. The maximum absolute atomic E-state index is 13.6. The highest BCUT2D eigenvalue weighted by atomic mass is 16.4. The Morgan fingerprint density at radius 3 is 2.14 bits per heavy atom. The highest BCUT2D eigenvalue weighted by Crippen LogP contribution is 2.19. The number of imidazole rings is 1. The molecule has 0 saturated heterocycles. The van der Waals surface area contributed by atoms with Gasteiger partial charge in [0.25, 0.3) is 0 Å². The first-order chi connectivity index (χ1) is 19.9. The molecule has 4 amide bonds. The predicted octanol–water partition coefficient (Wildman–Crippen LogP) is -1.72. The number of aliphatic carboxylic acids is 2. The number of aromatic nitrogens is 3. The molecule has 16 nitrogen and oxygen atoms in total. The van der Waals surface area contributed by atoms with Gasteiger partial charge in [0.15, 0.2) is 0 Å². The van der Waals surface area contributed by atoms with Gasteiger partial charge in [-0.1, -0.05) is 18.2 Å². The molecule has 0 aliphatic rings. The third-order valence-electron chi connectivity index (χ3n) is 6.37. The van der Waals surface area contributed by atoms with E-state index in [0.29, 0.717) is 11.3 Å². The summed E-state index contributed by atoms with van der Waals surface area (Å²) in [5.41, 5.74) is 12.8. The van der Waals surface area contributed by atoms with Crippen LogP contribution in [0.2, 0.25) is 0 Å². The lowest BCUT2D eigenvalue weighted by molar-refractivity contribution is -0.143. The molecule has 0 radical (unpaired) electrons. The zero-order chi connectivity index (χ0) is 30.8. The summed E-state index contributed by atoms with van der Waals surface area (Å²) in [5, 5.41) is 26.4. The summed E-state index contributed by atoms with van der Waals surface area (Å²) in [6, 6.07) is 1.74. The fraction of sp³-hybridized carbons (Fsp3) is 0.346. The maximum atomic E-state index is 13.6. The number of para-hydroxylation sites is 1. The normalized spacial score (nSPS) is 13.8. The van der Waals surface area contributed by atoms with Crippen LogP contribution in [0.15, 0.2) is 43.0 Å². The van der Waals surface area contributed by atoms with Crippen molar-refractivity contribution in [1.82, 2.24) is 30.9 Å². The van der Waals surface area contributed by atoms with Gasteiger partial charge in [-0.15, -0.1) is 0 Å². The summed E-state index contributed by atoms with van der Waals surface area (Å²) in [6.45, 7) is 0. The second-order valence-electron chi connectivity index (χ2n) is 9.58. The van der Waals surface area contributed by atoms with Crippen molar-refractivity contribution in [3.63, 3.8) is 0 Å². The van der Waals surface area contributed by atoms with E-state index in [1.165, 1.54) is 12.5 Å². The van der Waals surface area contributed by atoms with E-state index in [0.717, 1.165) is 10.9 Å². The minimum absolute atomic E-state index is 0.0366. The summed E-state index contributed by atoms with van der Waals surface area (Å²) < 4.78 is 0. The molecule has 0 bridgehead atoms. The Labute approximate surface area is 238 Å². The lowest BCUT2D eigenvalue weighted by Gasteiger charge is -2.25. The van der Waals surface area contributed by atoms with Gasteiger partial charge in [-0.2, -0.15) is 0 Å². The maximum Gasteiger partial charge on any atom is 0.326 e. The van der Waals surface area contributed by atoms with E-state index in [1.54, 1.807) is 12.3 Å². The third-order valence-corrected chi connectivity index (χ3v) is 6.37. The summed E-state index contributed by atoms with van der Waals surface area (Å²) in [6.07, 6.45) is 3.00. The van der Waals surface area contributed by atoms with Crippen LogP contribution < -0.4 is 27.4 Å². The first kappa shape index (κ1) is 31.3. The van der Waals surface area contributed by atoms with Gasteiger partial charge in [0.1, 0.15) is 18.1 Å². The Morgan fingerprint density at radius 1 is 0.881 bits per heavy atom. The number of H-pyrrole nitrogens is 2. The van der Waals surface area contributed by atoms with Crippen molar-refractivity contribution in [2.75, 3.05) is 0 Å². The minimum atomic E-state index is -1.65. The van der Waals surface area contributed by atoms with Gasteiger partial charge in [-0.25, -0.2) is 9.78 Å². The van der Waals surface area contributed by atoms with Crippen molar-refractivity contribution >= 4 is 46.5 Å². The molecule has 0 spiro atoms. The number of carboxylic acid groups (broad SMARTS) is 2. The van der Waals surface area contributed by atoms with Gasteiger partial charge in [0.05, 0.1) is 18.8 Å². The monoisotopic (exact) mass is 584 g/mol. The number of fused-ring (bicyclic) bond motifs is 1. The second kappa shape index (κ2) is 14.4. The van der Waals surface area contributed by atoms with Crippen molar-refractivity contribution in [2.24, 2.45) is 11.5 Å². The number of nitrogens with two attached hydrogens (primary N) is 2. The molecular weight excluding hydrogens is 552 g/mol. The van der Waals surface area contributed by atoms with E-state index in [2.05, 4.69) is 30.9 Å². The van der Waals surface area contributed by atoms with Gasteiger partial charge in [0.2, 0.25) is 23.6 Å². The number of primary amides is 1. The largest absolute Gasteiger partial charge is 0.481 e. The van der Waals surface area contributed by atoms with Crippen LogP contribution in [0.3, 0.4) is 0 Å². The van der Waals surface area contributed by atoms with E-state index in [4.69, 9.17) is 16.6 Å². The molecule has 4 atom stereocenters. The van der Waals surface area contributed by atoms with E-state index in [-0.39, 0.29) is 25.7 Å². The number of aromatic amines is 2. The molecule has 0 fully saturated rings. The van der Waals surface area contributed by atoms with Gasteiger partial charge < -0.3 is 47.6 Å². The van der Waals surface area contributed by atoms with E-state index in [9.17, 15) is 33.9 Å². The van der Waals surface area contributed by atoms with Crippen LogP contribution in [0.5, 0.6) is 0 Å². The quantitative estimate of drug-likeness (QED) is 0.0918. The average molecular weight is 585 g/mol. The van der Waals surface area contributed by atoms with Crippen LogP contribution >= 0.6 is 0 Å². The molecule has 0 aliphatic heterocycles. The molecule has 42 heavy (non-hydrogen) atoms. The smallest absolute Gasteiger partial charge is 0.326 e. The van der Waals surface area contributed by atoms with Crippen molar-refractivity contribution < 1.29 is 39.0 Å². The Hall–Kier alpha value is -5.25. The zero-order valence-corrected chi connectivity index (χ0v) is 22.3. The number of hydrogen-bond donors (Lipinski definition) is 9. The standard InChI is InChI=1S/C26H32N8O8/c27-16(5-6-22(36)37)23(38)32-18(7-13-10-30-17-4-2-1-3-15(13)17)24(39)33-19(8-14-11-29-12-31-14)25(40)34-20(26(41)42)9-21(28)35/h1-4,10-12,16,18-20,30H,5-9,27H2,(H2,28,35)(H,29,31)(H,32,38)(H,33,39)(H,34,40)(H,36,37)(H,41,42). The van der Waals surface area contributed by atoms with E-state index in [1.807, 2.05) is 18.2 Å². The highest BCUT2D eigenvalue weighted by molar-refractivity contribution is 5.95. The Balaban J connectivity index is 1.86. The Morgan fingerprint density at radius 2 is 1.52 bits per heavy atom. The lowest BCUT2D eigenvalue weighted by atomic mass is 10.0. The Kier molecular flexibility index (Phi) is 10.7. The fourth-order valence-electron chi connectivity index (χ4n) is 4.19. The predicted molar refractivity (Wildman–Crippen MR) is 146 cm³/mol. The molecule has 2 aromatic heterocycles. The van der Waals surface area contributed by atoms with Crippen LogP contribution in [0.4, 0.5) is 0 Å². The Bertz CT molecular complexity index is 1440. The van der Waals surface area contributed by atoms with Crippen molar-refractivity contribution in [3.8, 4) is 0 Å². The van der Waals surface area contributed by atoms with E-state index < -0.39 is 66.2 Å². The summed E-state index contributed by atoms with van der Waals surface area (Å²) in [4.78, 5) is 83.2. The van der Waals surface area contributed by atoms with Crippen LogP contribution in [-0.2, 0) is 41.6 Å². The van der Waals surface area contributed by atoms with E-state index >= 15 is 0 Å². The van der Waals surface area contributed by atoms with Crippen LogP contribution in [-0.4, -0.2) is 84.9 Å². The molecule has 0 aliphatic carbocycles. The fourth-order valence-corrected chi connectivity index (χ4v) is 4.19. The van der Waals surface area contributed by atoms with Gasteiger partial charge in [0, 0.05) is 48.3 Å². The highest BCUT2D eigenvalue weighted by Gasteiger charge is 2.32. The van der Waals surface area contributed by atoms with Crippen molar-refractivity contribution in [1.29, 1.82) is 0 Å². The number of amides is 4. The second-order valence-corrected chi connectivity index (χ2v) is 9.58. The summed E-state index contributed by atoms with van der Waals surface area (Å²) in [7, 11) is 0. The SMILES string of the molecule is NC(=O)CC(NC(=O)C(Cc1cnc[nH]1)NC(=O)C(Cc1c[nH]c2ccccc12)NC(=O)C(N)CCC(=O)O)C(=O)O. The summed E-state index contributed by atoms with van der Waals surface area (Å²) >= 11 is 0. The summed E-state index contributed by atoms with van der Waals surface area (Å²) in [5.74, 6) is -6.12. The molecule has 1 aromatic carbocycles. The van der Waals surface area contributed by atoms with Crippen LogP contribution in [0.25, 0.3) is 10.9 Å². The zero-order valence-electron chi connectivity index (χ0n) is 22.3. The van der Waals surface area contributed by atoms with Gasteiger partial charge in [-0.05, 0) is 18.1 Å². The molecule has 3 rings (SSSR count).